The number of amides is 1. The minimum Gasteiger partial charge on any atom is -0.506 e. The smallest absolute Gasteiger partial charge is 0.230 e. The number of anilines is 1. The van der Waals surface area contributed by atoms with Gasteiger partial charge >= 0.3 is 0 Å². The Morgan fingerprint density at radius 1 is 1.46 bits per heavy atom. The summed E-state index contributed by atoms with van der Waals surface area (Å²) >= 11 is 7.26. The number of carbonyl (C=O) groups is 1. The number of thiazole rings is 1. The van der Waals surface area contributed by atoms with Crippen LogP contribution in [0, 0.1) is 5.92 Å². The Morgan fingerprint density at radius 3 is 2.88 bits per heavy atom. The zero-order valence-electron chi connectivity index (χ0n) is 15.1. The third-order valence-electron chi connectivity index (χ3n) is 3.98. The maximum atomic E-state index is 12.2. The van der Waals surface area contributed by atoms with E-state index >= 15 is 0 Å². The molecular weight excluding hydrogens is 368 g/mol. The molecule has 6 heteroatoms. The lowest BCUT2D eigenvalue weighted by Gasteiger charge is -2.04. The summed E-state index contributed by atoms with van der Waals surface area (Å²) in [5, 5.41) is 15.0. The molecule has 2 rings (SSSR count). The van der Waals surface area contributed by atoms with Crippen LogP contribution >= 0.6 is 22.9 Å². The van der Waals surface area contributed by atoms with Gasteiger partial charge in [0.2, 0.25) is 5.91 Å². The van der Waals surface area contributed by atoms with Gasteiger partial charge in [-0.15, -0.1) is 11.3 Å². The van der Waals surface area contributed by atoms with Crippen molar-refractivity contribution >= 4 is 39.5 Å². The molecule has 2 aromatic rings. The van der Waals surface area contributed by atoms with Gasteiger partial charge in [-0.1, -0.05) is 56.2 Å². The van der Waals surface area contributed by atoms with E-state index in [4.69, 9.17) is 11.6 Å². The number of aromatic nitrogens is 1. The summed E-state index contributed by atoms with van der Waals surface area (Å²) in [4.78, 5) is 16.7. The predicted octanol–water partition coefficient (Wildman–Crippen LogP) is 5.69. The second-order valence-corrected chi connectivity index (χ2v) is 7.30. The summed E-state index contributed by atoms with van der Waals surface area (Å²) in [7, 11) is 0. The molecule has 0 aliphatic heterocycles. The van der Waals surface area contributed by atoms with Gasteiger partial charge in [-0.05, 0) is 36.1 Å². The van der Waals surface area contributed by atoms with Crippen LogP contribution in [-0.4, -0.2) is 16.0 Å². The number of hydrogen-bond donors (Lipinski definition) is 2. The van der Waals surface area contributed by atoms with Crippen molar-refractivity contribution in [2.75, 3.05) is 5.32 Å². The third kappa shape index (κ3) is 5.71. The van der Waals surface area contributed by atoms with Crippen molar-refractivity contribution in [1.82, 2.24) is 4.98 Å². The van der Waals surface area contributed by atoms with Gasteiger partial charge in [-0.2, -0.15) is 0 Å². The van der Waals surface area contributed by atoms with Gasteiger partial charge in [0.25, 0.3) is 0 Å². The molecule has 1 heterocycles. The number of aromatic hydroxyl groups is 1. The molecule has 1 atom stereocenters. The lowest BCUT2D eigenvalue weighted by molar-refractivity contribution is -0.115. The Bertz CT molecular complexity index is 827. The van der Waals surface area contributed by atoms with E-state index in [0.717, 1.165) is 23.3 Å². The third-order valence-corrected chi connectivity index (χ3v) is 5.04. The van der Waals surface area contributed by atoms with Crippen molar-refractivity contribution in [2.45, 2.75) is 33.6 Å². The first-order chi connectivity index (χ1) is 12.4. The molecule has 0 saturated heterocycles. The van der Waals surface area contributed by atoms with E-state index in [-0.39, 0.29) is 23.1 Å². The SMILES string of the molecule is C/C=C(\C=C/C(C)CC)c1csc(NC(=O)Cc2ccc(O)c(Cl)c2)n1. The quantitative estimate of drug-likeness (QED) is 0.597. The van der Waals surface area contributed by atoms with Gasteiger partial charge in [0.15, 0.2) is 5.13 Å². The second-order valence-electron chi connectivity index (χ2n) is 6.04. The lowest BCUT2D eigenvalue weighted by atomic mass is 10.1. The number of phenols is 1. The monoisotopic (exact) mass is 390 g/mol. The number of halogens is 1. The maximum Gasteiger partial charge on any atom is 0.230 e. The Hall–Kier alpha value is -2.11. The van der Waals surface area contributed by atoms with Gasteiger partial charge < -0.3 is 10.4 Å². The number of hydrogen-bond acceptors (Lipinski definition) is 4. The zero-order valence-corrected chi connectivity index (χ0v) is 16.7. The fourth-order valence-corrected chi connectivity index (χ4v) is 3.15. The van der Waals surface area contributed by atoms with Crippen molar-refractivity contribution in [3.05, 3.63) is 58.1 Å². The Kier molecular flexibility index (Phi) is 7.42. The topological polar surface area (TPSA) is 62.2 Å². The minimum absolute atomic E-state index is 0.00437. The zero-order chi connectivity index (χ0) is 19.1. The van der Waals surface area contributed by atoms with E-state index in [1.54, 1.807) is 12.1 Å². The van der Waals surface area contributed by atoms with Crippen molar-refractivity contribution in [2.24, 2.45) is 5.92 Å². The van der Waals surface area contributed by atoms with Gasteiger partial charge in [0.1, 0.15) is 5.75 Å². The number of benzene rings is 1. The predicted molar refractivity (Wildman–Crippen MR) is 110 cm³/mol. The first-order valence-corrected chi connectivity index (χ1v) is 9.76. The fourth-order valence-electron chi connectivity index (χ4n) is 2.21. The normalized spacial score (nSPS) is 13.2. The van der Waals surface area contributed by atoms with Gasteiger partial charge in [0, 0.05) is 5.38 Å². The first kappa shape index (κ1) is 20.2. The Morgan fingerprint density at radius 2 is 2.23 bits per heavy atom. The molecule has 1 unspecified atom stereocenters. The highest BCUT2D eigenvalue weighted by Crippen LogP contribution is 2.25. The Balaban J connectivity index is 2.01. The van der Waals surface area contributed by atoms with E-state index in [9.17, 15) is 9.90 Å². The van der Waals surface area contributed by atoms with Crippen LogP contribution in [0.15, 0.2) is 41.8 Å². The Labute approximate surface area is 163 Å². The summed E-state index contributed by atoms with van der Waals surface area (Å²) < 4.78 is 0. The van der Waals surface area contributed by atoms with Gasteiger partial charge in [0.05, 0.1) is 17.1 Å². The highest BCUT2D eigenvalue weighted by Gasteiger charge is 2.10. The van der Waals surface area contributed by atoms with E-state index in [1.807, 2.05) is 18.4 Å². The molecule has 0 spiro atoms. The summed E-state index contributed by atoms with van der Waals surface area (Å²) in [6, 6.07) is 4.74. The van der Waals surface area contributed by atoms with Crippen LogP contribution in [-0.2, 0) is 11.2 Å². The van der Waals surface area contributed by atoms with Crippen LogP contribution in [0.25, 0.3) is 5.57 Å². The average molecular weight is 391 g/mol. The highest BCUT2D eigenvalue weighted by atomic mass is 35.5. The van der Waals surface area contributed by atoms with E-state index in [0.29, 0.717) is 11.0 Å². The van der Waals surface area contributed by atoms with Crippen molar-refractivity contribution in [1.29, 1.82) is 0 Å². The maximum absolute atomic E-state index is 12.2. The van der Waals surface area contributed by atoms with Crippen LogP contribution in [0.2, 0.25) is 5.02 Å². The number of phenolic OH excluding ortho intramolecular Hbond substituents is 1. The summed E-state index contributed by atoms with van der Waals surface area (Å²) in [5.74, 6) is 0.342. The lowest BCUT2D eigenvalue weighted by Crippen LogP contribution is -2.14. The standard InChI is InChI=1S/C20H23ClN2O2S/c1-4-13(3)6-8-15(5-2)17-12-26-20(22-17)23-19(25)11-14-7-9-18(24)16(21)10-14/h5-10,12-13,24H,4,11H2,1-3H3,(H,22,23,25)/b8-6-,15-5+. The summed E-state index contributed by atoms with van der Waals surface area (Å²) in [5.41, 5.74) is 2.61. The van der Waals surface area contributed by atoms with Crippen LogP contribution in [0.1, 0.15) is 38.4 Å². The second kappa shape index (κ2) is 9.55. The average Bonchev–Trinajstić information content (AvgIpc) is 3.06. The van der Waals surface area contributed by atoms with Crippen molar-refractivity contribution in [3.8, 4) is 5.75 Å². The molecule has 0 radical (unpaired) electrons. The van der Waals surface area contributed by atoms with Crippen LogP contribution < -0.4 is 5.32 Å². The van der Waals surface area contributed by atoms with E-state index in [1.165, 1.54) is 17.4 Å². The summed E-state index contributed by atoms with van der Waals surface area (Å²) in [6.45, 7) is 6.30. The number of nitrogens with zero attached hydrogens (tertiary/aromatic N) is 1. The molecule has 0 aliphatic rings. The van der Waals surface area contributed by atoms with Gasteiger partial charge in [-0.3, -0.25) is 4.79 Å². The number of carbonyl (C=O) groups excluding carboxylic acids is 1. The molecule has 2 N–H and O–H groups in total. The number of nitrogens with one attached hydrogen (secondary N) is 1. The molecular formula is C20H23ClN2O2S. The molecule has 0 saturated carbocycles. The van der Waals surface area contributed by atoms with Gasteiger partial charge in [-0.25, -0.2) is 4.98 Å². The fraction of sp³-hybridized carbons (Fsp3) is 0.300. The highest BCUT2D eigenvalue weighted by molar-refractivity contribution is 7.14. The van der Waals surface area contributed by atoms with E-state index < -0.39 is 0 Å². The number of rotatable bonds is 7. The molecule has 1 aromatic heterocycles. The van der Waals surface area contributed by atoms with Crippen LogP contribution in [0.3, 0.4) is 0 Å². The summed E-state index contributed by atoms with van der Waals surface area (Å²) in [6.07, 6.45) is 7.51. The molecule has 0 bridgehead atoms. The number of allylic oxidation sites excluding steroid dienone is 4. The molecule has 26 heavy (non-hydrogen) atoms. The molecule has 0 aliphatic carbocycles. The van der Waals surface area contributed by atoms with E-state index in [2.05, 4.69) is 36.3 Å². The molecule has 1 aromatic carbocycles. The largest absolute Gasteiger partial charge is 0.506 e. The van der Waals surface area contributed by atoms with Crippen molar-refractivity contribution in [3.63, 3.8) is 0 Å². The minimum atomic E-state index is -0.176. The first-order valence-electron chi connectivity index (χ1n) is 8.50. The molecule has 4 nitrogen and oxygen atoms in total. The molecule has 1 amide bonds. The van der Waals surface area contributed by atoms with Crippen LogP contribution in [0.5, 0.6) is 5.75 Å². The molecule has 0 fully saturated rings. The molecule has 138 valence electrons. The van der Waals surface area contributed by atoms with Crippen molar-refractivity contribution < 1.29 is 9.90 Å². The van der Waals surface area contributed by atoms with Crippen LogP contribution in [0.4, 0.5) is 5.13 Å².